The highest BCUT2D eigenvalue weighted by molar-refractivity contribution is 9.10. The van der Waals surface area contributed by atoms with Gasteiger partial charge in [-0.05, 0) is 6.92 Å². The van der Waals surface area contributed by atoms with Crippen LogP contribution in [-0.4, -0.2) is 16.8 Å². The van der Waals surface area contributed by atoms with Gasteiger partial charge in [0.15, 0.2) is 0 Å². The van der Waals surface area contributed by atoms with Gasteiger partial charge in [-0.15, -0.1) is 0 Å². The fourth-order valence-corrected chi connectivity index (χ4v) is 0.608. The lowest BCUT2D eigenvalue weighted by Crippen LogP contribution is -2.40. The van der Waals surface area contributed by atoms with Gasteiger partial charge in [0.05, 0.1) is 12.5 Å². The summed E-state index contributed by atoms with van der Waals surface area (Å²) in [5.74, 6) is -1.43. The van der Waals surface area contributed by atoms with Crippen molar-refractivity contribution in [2.24, 2.45) is 0 Å². The Morgan fingerprint density at radius 2 is 2.33 bits per heavy atom. The Morgan fingerprint density at radius 1 is 1.83 bits per heavy atom. The first-order valence-electron chi connectivity index (χ1n) is 3.12. The summed E-state index contributed by atoms with van der Waals surface area (Å²) in [6, 6.07) is 1.19. The average Bonchev–Trinajstić information content (AvgIpc) is 1.85. The normalized spacial score (nSPS) is 13.2. The lowest BCUT2D eigenvalue weighted by atomic mass is 10.2. The molecule has 0 aromatic heterocycles. The molecule has 0 aliphatic rings. The zero-order valence-electron chi connectivity index (χ0n) is 6.27. The molecule has 0 aromatic carbocycles. The van der Waals surface area contributed by atoms with E-state index in [4.69, 9.17) is 5.26 Å². The molecule has 3 nitrogen and oxygen atoms in total. The number of alkyl halides is 3. The summed E-state index contributed by atoms with van der Waals surface area (Å²) in [4.78, 5) is 6.97. The Morgan fingerprint density at radius 3 is 2.67 bits per heavy atom. The molecule has 0 rings (SSSR count). The van der Waals surface area contributed by atoms with E-state index in [1.165, 1.54) is 6.92 Å². The summed E-state index contributed by atoms with van der Waals surface area (Å²) in [6.07, 6.45) is 0.00875. The van der Waals surface area contributed by atoms with Crippen LogP contribution in [0.25, 0.3) is 0 Å². The van der Waals surface area contributed by atoms with E-state index in [1.807, 2.05) is 21.2 Å². The van der Waals surface area contributed by atoms with E-state index >= 15 is 0 Å². The van der Waals surface area contributed by atoms with Gasteiger partial charge in [-0.2, -0.15) is 14.0 Å². The summed E-state index contributed by atoms with van der Waals surface area (Å²) < 4.78 is 24.3. The number of hydrogen-bond acceptors (Lipinski definition) is 2. The van der Waals surface area contributed by atoms with Crippen LogP contribution < -0.4 is 5.32 Å². The first-order chi connectivity index (χ1) is 5.38. The van der Waals surface area contributed by atoms with Crippen molar-refractivity contribution in [3.05, 3.63) is 0 Å². The first kappa shape index (κ1) is 11.3. The SMILES string of the molecule is CC(CC#N)NC(=O)C(F)(F)Br. The monoisotopic (exact) mass is 240 g/mol. The third-order valence-electron chi connectivity index (χ3n) is 1.03. The Labute approximate surface area is 76.9 Å². The van der Waals surface area contributed by atoms with E-state index in [0.29, 0.717) is 0 Å². The van der Waals surface area contributed by atoms with Crippen LogP contribution in [0.15, 0.2) is 0 Å². The summed E-state index contributed by atoms with van der Waals surface area (Å²) in [5.41, 5.74) is 0. The highest BCUT2D eigenvalue weighted by Gasteiger charge is 2.35. The largest absolute Gasteiger partial charge is 0.377 e. The molecule has 0 aromatic rings. The molecule has 68 valence electrons. The predicted octanol–water partition coefficient (Wildman–Crippen LogP) is 1.39. The molecule has 1 unspecified atom stereocenters. The van der Waals surface area contributed by atoms with Gasteiger partial charge in [0.1, 0.15) is 0 Å². The maximum absolute atomic E-state index is 12.1. The van der Waals surface area contributed by atoms with E-state index < -0.39 is 16.8 Å². The Hall–Kier alpha value is -0.700. The quantitative estimate of drug-likeness (QED) is 0.759. The maximum Gasteiger partial charge on any atom is 0.377 e. The Bertz CT molecular complexity index is 209. The molecular weight excluding hydrogens is 234 g/mol. The van der Waals surface area contributed by atoms with Crippen molar-refractivity contribution in [3.8, 4) is 6.07 Å². The number of halogens is 3. The van der Waals surface area contributed by atoms with Gasteiger partial charge < -0.3 is 5.32 Å². The first-order valence-corrected chi connectivity index (χ1v) is 3.92. The highest BCUT2D eigenvalue weighted by atomic mass is 79.9. The van der Waals surface area contributed by atoms with Crippen LogP contribution in [0.3, 0.4) is 0 Å². The summed E-state index contributed by atoms with van der Waals surface area (Å²) in [6.45, 7) is 1.47. The third kappa shape index (κ3) is 4.23. The second-order valence-electron chi connectivity index (χ2n) is 2.23. The fourth-order valence-electron chi connectivity index (χ4n) is 0.494. The van der Waals surface area contributed by atoms with Gasteiger partial charge in [-0.25, -0.2) is 0 Å². The van der Waals surface area contributed by atoms with E-state index in [1.54, 1.807) is 6.07 Å². The van der Waals surface area contributed by atoms with Gasteiger partial charge in [-0.1, -0.05) is 0 Å². The molecule has 1 amide bonds. The molecule has 0 aliphatic heterocycles. The number of amides is 1. The molecule has 0 saturated heterocycles. The molecule has 0 heterocycles. The summed E-state index contributed by atoms with van der Waals surface area (Å²) >= 11 is 1.90. The van der Waals surface area contributed by atoms with Crippen LogP contribution in [0, 0.1) is 11.3 Å². The molecule has 0 fully saturated rings. The number of carbonyl (C=O) groups excluding carboxylic acids is 1. The number of carbonyl (C=O) groups is 1. The van der Waals surface area contributed by atoms with Crippen molar-refractivity contribution in [1.29, 1.82) is 5.26 Å². The predicted molar refractivity (Wildman–Crippen MR) is 41.7 cm³/mol. The minimum Gasteiger partial charge on any atom is -0.347 e. The van der Waals surface area contributed by atoms with Crippen LogP contribution in [0.4, 0.5) is 8.78 Å². The molecular formula is C6H7BrF2N2O. The van der Waals surface area contributed by atoms with Crippen LogP contribution in [0.2, 0.25) is 0 Å². The molecule has 1 N–H and O–H groups in total. The molecule has 6 heteroatoms. The van der Waals surface area contributed by atoms with Gasteiger partial charge >= 0.3 is 10.7 Å². The molecule has 12 heavy (non-hydrogen) atoms. The van der Waals surface area contributed by atoms with Crippen molar-refractivity contribution in [2.45, 2.75) is 24.2 Å². The Kier molecular flexibility index (Phi) is 4.10. The van der Waals surface area contributed by atoms with Crippen molar-refractivity contribution >= 4 is 21.8 Å². The average molecular weight is 241 g/mol. The molecule has 0 bridgehead atoms. The minimum atomic E-state index is -3.56. The van der Waals surface area contributed by atoms with Gasteiger partial charge in [-0.3, -0.25) is 4.79 Å². The zero-order valence-corrected chi connectivity index (χ0v) is 7.86. The molecule has 0 spiro atoms. The molecule has 0 saturated carbocycles. The number of nitriles is 1. The zero-order chi connectivity index (χ0) is 9.78. The van der Waals surface area contributed by atoms with Crippen LogP contribution in [-0.2, 0) is 4.79 Å². The van der Waals surface area contributed by atoms with Crippen molar-refractivity contribution in [3.63, 3.8) is 0 Å². The number of hydrogen-bond donors (Lipinski definition) is 1. The van der Waals surface area contributed by atoms with E-state index in [9.17, 15) is 13.6 Å². The summed E-state index contributed by atoms with van der Waals surface area (Å²) in [7, 11) is 0. The van der Waals surface area contributed by atoms with Gasteiger partial charge in [0.2, 0.25) is 0 Å². The minimum absolute atomic E-state index is 0.00875. The van der Waals surface area contributed by atoms with Gasteiger partial charge in [0.25, 0.3) is 0 Å². The maximum atomic E-state index is 12.1. The van der Waals surface area contributed by atoms with Crippen LogP contribution in [0.5, 0.6) is 0 Å². The van der Waals surface area contributed by atoms with E-state index in [2.05, 4.69) is 0 Å². The fraction of sp³-hybridized carbons (Fsp3) is 0.667. The lowest BCUT2D eigenvalue weighted by molar-refractivity contribution is -0.134. The topological polar surface area (TPSA) is 52.9 Å². The second-order valence-corrected chi connectivity index (χ2v) is 3.23. The van der Waals surface area contributed by atoms with Crippen molar-refractivity contribution < 1.29 is 13.6 Å². The van der Waals surface area contributed by atoms with E-state index in [0.717, 1.165) is 0 Å². The molecule has 1 atom stereocenters. The van der Waals surface area contributed by atoms with E-state index in [-0.39, 0.29) is 6.42 Å². The standard InChI is InChI=1S/C6H7BrF2N2O/c1-4(2-3-10)11-5(12)6(7,8)9/h4H,2H2,1H3,(H,11,12). The molecule has 0 aliphatic carbocycles. The number of nitrogens with one attached hydrogen (secondary N) is 1. The number of nitrogens with zero attached hydrogens (tertiary/aromatic N) is 1. The van der Waals surface area contributed by atoms with Crippen molar-refractivity contribution in [2.75, 3.05) is 0 Å². The molecule has 0 radical (unpaired) electrons. The van der Waals surface area contributed by atoms with Crippen LogP contribution >= 0.6 is 15.9 Å². The number of rotatable bonds is 3. The summed E-state index contributed by atoms with van der Waals surface area (Å²) in [5, 5.41) is 10.1. The second kappa shape index (κ2) is 4.36. The Balaban J connectivity index is 3.95. The highest BCUT2D eigenvalue weighted by Crippen LogP contribution is 2.21. The third-order valence-corrected chi connectivity index (χ3v) is 1.39. The smallest absolute Gasteiger partial charge is 0.347 e. The van der Waals surface area contributed by atoms with Crippen molar-refractivity contribution in [1.82, 2.24) is 5.32 Å². The van der Waals surface area contributed by atoms with Gasteiger partial charge in [0, 0.05) is 22.0 Å². The lowest BCUT2D eigenvalue weighted by Gasteiger charge is -2.12. The van der Waals surface area contributed by atoms with Crippen LogP contribution in [0.1, 0.15) is 13.3 Å².